The van der Waals surface area contributed by atoms with E-state index in [2.05, 4.69) is 130 Å². The summed E-state index contributed by atoms with van der Waals surface area (Å²) in [6.07, 6.45) is 0. The van der Waals surface area contributed by atoms with Crippen LogP contribution in [-0.4, -0.2) is 0 Å². The van der Waals surface area contributed by atoms with Gasteiger partial charge in [0.1, 0.15) is 0 Å². The minimum Gasteiger partial charge on any atom is -1.00 e. The third-order valence-corrected chi connectivity index (χ3v) is 5.65. The predicted octanol–water partition coefficient (Wildman–Crippen LogP) is -1.90. The molecule has 0 amide bonds. The van der Waals surface area contributed by atoms with Gasteiger partial charge in [0.15, 0.2) is 0 Å². The number of hydrogen-bond acceptors (Lipinski definition) is 0. The van der Waals surface area contributed by atoms with E-state index < -0.39 is 0 Å². The van der Waals surface area contributed by atoms with Crippen LogP contribution in [0.2, 0.25) is 0 Å². The molecule has 4 heteroatoms. The summed E-state index contributed by atoms with van der Waals surface area (Å²) in [5.41, 5.74) is 6.35. The predicted molar refractivity (Wildman–Crippen MR) is 119 cm³/mol. The zero-order chi connectivity index (χ0) is 19.6. The van der Waals surface area contributed by atoms with Crippen molar-refractivity contribution in [3.63, 3.8) is 0 Å². The SMILES string of the molecule is CC(C)(C)c1ccc[c-]1C(c1ccccc1)(c1ccccc1)c1ccccc1.[Cl-].[Cl-].[Cl-].[Ti+4]. The van der Waals surface area contributed by atoms with Crippen LogP contribution in [0.3, 0.4) is 0 Å². The number of halogens is 3. The molecular weight excluding hydrogens is 491 g/mol. The average molecular weight is 518 g/mol. The Morgan fingerprint density at radius 2 is 0.844 bits per heavy atom. The van der Waals surface area contributed by atoms with Gasteiger partial charge in [-0.1, -0.05) is 112 Å². The maximum Gasteiger partial charge on any atom is 4.00 e. The number of rotatable bonds is 4. The van der Waals surface area contributed by atoms with E-state index in [-0.39, 0.29) is 69.8 Å². The van der Waals surface area contributed by atoms with Crippen LogP contribution in [0, 0.1) is 0 Å². The monoisotopic (exact) mass is 516 g/mol. The van der Waals surface area contributed by atoms with E-state index in [1.807, 2.05) is 0 Å². The molecule has 164 valence electrons. The van der Waals surface area contributed by atoms with E-state index in [1.165, 1.54) is 27.8 Å². The molecule has 0 nitrogen and oxygen atoms in total. The first-order valence-corrected chi connectivity index (χ1v) is 9.98. The Morgan fingerprint density at radius 3 is 1.16 bits per heavy atom. The minimum atomic E-state index is -0.351. The summed E-state index contributed by atoms with van der Waals surface area (Å²) in [6.45, 7) is 6.91. The zero-order valence-corrected chi connectivity index (χ0v) is 22.4. The normalized spacial score (nSPS) is 10.6. The standard InChI is InChI=1S/C28H27.3ClH.Ti/c1-27(2,3)25-20-13-21-26(25)28(22-14-7-4-8-15-22,23-16-9-5-10-17-23)24-18-11-6-12-19-24;;;;/h4-21H,1-3H3;3*1H;/q-1;;;;+4/p-3. The smallest absolute Gasteiger partial charge is 1.00 e. The Kier molecular flexibility index (Phi) is 12.2. The molecule has 4 aromatic carbocycles. The van der Waals surface area contributed by atoms with Crippen molar-refractivity contribution in [2.24, 2.45) is 0 Å². The molecule has 0 atom stereocenters. The maximum atomic E-state index is 2.31. The fourth-order valence-corrected chi connectivity index (χ4v) is 4.43. The van der Waals surface area contributed by atoms with Gasteiger partial charge in [0.25, 0.3) is 0 Å². The average Bonchev–Trinajstić information content (AvgIpc) is 3.22. The molecule has 0 bridgehead atoms. The van der Waals surface area contributed by atoms with Crippen molar-refractivity contribution < 1.29 is 58.9 Å². The first kappa shape index (κ1) is 30.6. The summed E-state index contributed by atoms with van der Waals surface area (Å²) in [7, 11) is 0. The molecule has 0 aliphatic carbocycles. The molecule has 0 fully saturated rings. The first-order chi connectivity index (χ1) is 13.5. The van der Waals surface area contributed by atoms with E-state index in [9.17, 15) is 0 Å². The molecule has 0 aromatic heterocycles. The van der Waals surface area contributed by atoms with Crippen molar-refractivity contribution in [3.8, 4) is 0 Å². The fourth-order valence-electron chi connectivity index (χ4n) is 4.43. The summed E-state index contributed by atoms with van der Waals surface area (Å²) in [5.74, 6) is 0. The van der Waals surface area contributed by atoms with Gasteiger partial charge in [-0.2, -0.15) is 11.6 Å². The molecule has 4 rings (SSSR count). The Bertz CT molecular complexity index is 940. The fraction of sp³-hybridized carbons (Fsp3) is 0.179. The summed E-state index contributed by atoms with van der Waals surface area (Å²) >= 11 is 0. The summed E-state index contributed by atoms with van der Waals surface area (Å²) in [4.78, 5) is 0. The Morgan fingerprint density at radius 1 is 0.500 bits per heavy atom. The summed E-state index contributed by atoms with van der Waals surface area (Å²) < 4.78 is 0. The van der Waals surface area contributed by atoms with Gasteiger partial charge in [-0.3, -0.25) is 0 Å². The van der Waals surface area contributed by atoms with Crippen LogP contribution in [0.5, 0.6) is 0 Å². The number of hydrogen-bond donors (Lipinski definition) is 0. The van der Waals surface area contributed by atoms with Gasteiger partial charge in [0, 0.05) is 5.41 Å². The molecule has 32 heavy (non-hydrogen) atoms. The second-order valence-electron chi connectivity index (χ2n) is 8.45. The van der Waals surface area contributed by atoms with E-state index in [4.69, 9.17) is 0 Å². The van der Waals surface area contributed by atoms with E-state index >= 15 is 0 Å². The Hall–Kier alpha value is -1.41. The number of benzene rings is 3. The van der Waals surface area contributed by atoms with Gasteiger partial charge in [0.05, 0.1) is 0 Å². The molecule has 4 aromatic rings. The quantitative estimate of drug-likeness (QED) is 0.169. The molecule has 0 radical (unpaired) electrons. The van der Waals surface area contributed by atoms with Crippen LogP contribution in [0.1, 0.15) is 48.6 Å². The molecular formula is C28H27Cl3Ti. The topological polar surface area (TPSA) is 0 Å². The maximum absolute atomic E-state index is 2.31. The summed E-state index contributed by atoms with van der Waals surface area (Å²) in [5, 5.41) is 0. The molecule has 0 unspecified atom stereocenters. The Balaban J connectivity index is 0.00000240. The first-order valence-electron chi connectivity index (χ1n) is 9.98. The van der Waals surface area contributed by atoms with Crippen molar-refractivity contribution in [3.05, 3.63) is 137 Å². The van der Waals surface area contributed by atoms with Gasteiger partial charge < -0.3 is 37.2 Å². The van der Waals surface area contributed by atoms with Crippen molar-refractivity contribution >= 4 is 0 Å². The van der Waals surface area contributed by atoms with Crippen LogP contribution in [0.4, 0.5) is 0 Å². The van der Waals surface area contributed by atoms with Crippen molar-refractivity contribution in [1.82, 2.24) is 0 Å². The van der Waals surface area contributed by atoms with Gasteiger partial charge in [-0.25, -0.2) is 12.1 Å². The molecule has 0 spiro atoms. The molecule has 0 aliphatic rings. The van der Waals surface area contributed by atoms with Crippen LogP contribution in [0.15, 0.2) is 109 Å². The summed E-state index contributed by atoms with van der Waals surface area (Å²) in [6, 6.07) is 39.6. The van der Waals surface area contributed by atoms with Crippen molar-refractivity contribution in [1.29, 1.82) is 0 Å². The minimum absolute atomic E-state index is 0. The van der Waals surface area contributed by atoms with Gasteiger partial charge in [-0.05, 0) is 22.1 Å². The van der Waals surface area contributed by atoms with E-state index in [1.54, 1.807) is 0 Å². The van der Waals surface area contributed by atoms with Crippen LogP contribution in [0.25, 0.3) is 0 Å². The van der Waals surface area contributed by atoms with Crippen LogP contribution >= 0.6 is 0 Å². The second kappa shape index (κ2) is 12.7. The van der Waals surface area contributed by atoms with Crippen molar-refractivity contribution in [2.75, 3.05) is 0 Å². The molecule has 0 saturated heterocycles. The second-order valence-corrected chi connectivity index (χ2v) is 8.45. The van der Waals surface area contributed by atoms with E-state index in [0.717, 1.165) is 0 Å². The van der Waals surface area contributed by atoms with Gasteiger partial charge in [-0.15, -0.1) is 5.56 Å². The largest absolute Gasteiger partial charge is 4.00 e. The van der Waals surface area contributed by atoms with Crippen LogP contribution in [-0.2, 0) is 32.5 Å². The zero-order valence-electron chi connectivity index (χ0n) is 18.5. The molecule has 0 heterocycles. The van der Waals surface area contributed by atoms with E-state index in [0.29, 0.717) is 0 Å². The van der Waals surface area contributed by atoms with Gasteiger partial charge >= 0.3 is 21.7 Å². The van der Waals surface area contributed by atoms with Crippen LogP contribution < -0.4 is 37.2 Å². The van der Waals surface area contributed by atoms with Crippen molar-refractivity contribution in [2.45, 2.75) is 31.6 Å². The Labute approximate surface area is 226 Å². The molecule has 0 N–H and O–H groups in total. The third-order valence-electron chi connectivity index (χ3n) is 5.65. The molecule has 0 saturated carbocycles. The molecule has 0 aliphatic heterocycles. The van der Waals surface area contributed by atoms with Gasteiger partial charge in [0.2, 0.25) is 0 Å². The third kappa shape index (κ3) is 5.56.